The molecule has 0 saturated carbocycles. The normalized spacial score (nSPS) is 9.67. The van der Waals surface area contributed by atoms with Crippen LogP contribution in [0.3, 0.4) is 0 Å². The number of nitro benzene ring substituents is 2. The second-order valence-electron chi connectivity index (χ2n) is 3.46. The minimum Gasteiger partial charge on any atom is -0.487 e. The summed E-state index contributed by atoms with van der Waals surface area (Å²) < 4.78 is 14.4. The maximum absolute atomic E-state index is 11.3. The average molecular weight is 301 g/mol. The van der Waals surface area contributed by atoms with E-state index >= 15 is 0 Å². The molecule has 114 valence electrons. The van der Waals surface area contributed by atoms with Crippen LogP contribution in [0.15, 0.2) is 6.07 Å². The number of hydrogen-bond donors (Lipinski definition) is 1. The summed E-state index contributed by atoms with van der Waals surface area (Å²) in [6.45, 7) is 0. The number of methoxy groups -OCH3 is 2. The van der Waals surface area contributed by atoms with E-state index in [4.69, 9.17) is 14.2 Å². The van der Waals surface area contributed by atoms with Crippen LogP contribution in [0, 0.1) is 20.2 Å². The standard InChI is InChI=1S/C10H11N3O8/c1-11-10(14)21-9-7(19-2)5(12(15)16)4-6(13(17)18)8(9)20-3/h4H,1-3H3,(H,11,14). The molecule has 0 aromatic heterocycles. The van der Waals surface area contributed by atoms with Gasteiger partial charge in [0.05, 0.1) is 24.1 Å². The van der Waals surface area contributed by atoms with Crippen LogP contribution in [-0.4, -0.2) is 37.2 Å². The number of amides is 1. The monoisotopic (exact) mass is 301 g/mol. The van der Waals surface area contributed by atoms with Crippen molar-refractivity contribution >= 4 is 17.5 Å². The lowest BCUT2D eigenvalue weighted by Gasteiger charge is -2.13. The molecule has 0 spiro atoms. The van der Waals surface area contributed by atoms with Crippen molar-refractivity contribution in [2.75, 3.05) is 21.3 Å². The van der Waals surface area contributed by atoms with Gasteiger partial charge in [0.2, 0.25) is 17.2 Å². The van der Waals surface area contributed by atoms with Gasteiger partial charge in [-0.1, -0.05) is 0 Å². The van der Waals surface area contributed by atoms with Crippen LogP contribution in [0.25, 0.3) is 0 Å². The third kappa shape index (κ3) is 3.08. The lowest BCUT2D eigenvalue weighted by molar-refractivity contribution is -0.395. The predicted molar refractivity (Wildman–Crippen MR) is 67.9 cm³/mol. The summed E-state index contributed by atoms with van der Waals surface area (Å²) in [6.07, 6.45) is -0.999. The first kappa shape index (κ1) is 15.9. The van der Waals surface area contributed by atoms with Crippen molar-refractivity contribution in [1.29, 1.82) is 0 Å². The minimum atomic E-state index is -0.999. The quantitative estimate of drug-likeness (QED) is 0.631. The zero-order valence-electron chi connectivity index (χ0n) is 11.2. The maximum Gasteiger partial charge on any atom is 0.412 e. The molecule has 11 heteroatoms. The van der Waals surface area contributed by atoms with Gasteiger partial charge in [0.1, 0.15) is 6.07 Å². The molecule has 11 nitrogen and oxygen atoms in total. The number of rotatable bonds is 5. The third-order valence-electron chi connectivity index (χ3n) is 2.35. The molecule has 0 unspecified atom stereocenters. The van der Waals surface area contributed by atoms with Crippen molar-refractivity contribution in [3.8, 4) is 17.2 Å². The molecule has 1 aromatic carbocycles. The molecule has 0 fully saturated rings. The van der Waals surface area contributed by atoms with E-state index in [1.807, 2.05) is 0 Å². The van der Waals surface area contributed by atoms with Crippen molar-refractivity contribution in [3.05, 3.63) is 26.3 Å². The minimum absolute atomic E-state index is 0.467. The summed E-state index contributed by atoms with van der Waals surface area (Å²) in [5.41, 5.74) is -1.46. The van der Waals surface area contributed by atoms with Gasteiger partial charge in [0, 0.05) is 7.05 Å². The average Bonchev–Trinajstić information content (AvgIpc) is 2.45. The van der Waals surface area contributed by atoms with Gasteiger partial charge in [-0.3, -0.25) is 20.2 Å². The largest absolute Gasteiger partial charge is 0.487 e. The Morgan fingerprint density at radius 1 is 1.05 bits per heavy atom. The molecule has 0 aliphatic rings. The van der Waals surface area contributed by atoms with Gasteiger partial charge < -0.3 is 19.5 Å². The molecule has 0 saturated heterocycles. The number of nitro groups is 2. The Kier molecular flexibility index (Phi) is 4.83. The molecule has 0 aliphatic carbocycles. The van der Waals surface area contributed by atoms with Crippen molar-refractivity contribution < 1.29 is 28.9 Å². The molecule has 21 heavy (non-hydrogen) atoms. The van der Waals surface area contributed by atoms with E-state index < -0.39 is 44.6 Å². The molecule has 0 heterocycles. The smallest absolute Gasteiger partial charge is 0.412 e. The van der Waals surface area contributed by atoms with Crippen LogP contribution < -0.4 is 19.5 Å². The molecular formula is C10H11N3O8. The molecule has 1 N–H and O–H groups in total. The summed E-state index contributed by atoms with van der Waals surface area (Å²) >= 11 is 0. The highest BCUT2D eigenvalue weighted by Crippen LogP contribution is 2.49. The van der Waals surface area contributed by atoms with Gasteiger partial charge in [-0.05, 0) is 0 Å². The lowest BCUT2D eigenvalue weighted by atomic mass is 10.2. The van der Waals surface area contributed by atoms with Gasteiger partial charge in [0.15, 0.2) is 0 Å². The molecular weight excluding hydrogens is 290 g/mol. The molecule has 0 atom stereocenters. The molecule has 0 bridgehead atoms. The Bertz CT molecular complexity index is 560. The first-order valence-electron chi connectivity index (χ1n) is 5.34. The Morgan fingerprint density at radius 3 is 1.76 bits per heavy atom. The van der Waals surface area contributed by atoms with Crippen LogP contribution in [0.2, 0.25) is 0 Å². The molecule has 0 radical (unpaired) electrons. The fraction of sp³-hybridized carbons (Fsp3) is 0.300. The highest BCUT2D eigenvalue weighted by molar-refractivity contribution is 5.78. The third-order valence-corrected chi connectivity index (χ3v) is 2.35. The number of carbonyl (C=O) groups excluding carboxylic acids is 1. The van der Waals surface area contributed by atoms with E-state index in [1.54, 1.807) is 0 Å². The Labute approximate surface area is 117 Å². The van der Waals surface area contributed by atoms with Crippen LogP contribution >= 0.6 is 0 Å². The summed E-state index contributed by atoms with van der Waals surface area (Å²) in [7, 11) is 3.42. The summed E-state index contributed by atoms with van der Waals surface area (Å²) in [6, 6.07) is 0.661. The first-order valence-corrected chi connectivity index (χ1v) is 5.34. The first-order chi connectivity index (χ1) is 9.87. The SMILES string of the molecule is CNC(=O)Oc1c(OC)c([N+](=O)[O-])cc([N+](=O)[O-])c1OC. The summed E-state index contributed by atoms with van der Waals surface area (Å²) in [4.78, 5) is 31.4. The van der Waals surface area contributed by atoms with E-state index in [0.717, 1.165) is 14.2 Å². The van der Waals surface area contributed by atoms with Gasteiger partial charge >= 0.3 is 17.5 Å². The van der Waals surface area contributed by atoms with Crippen molar-refractivity contribution in [2.45, 2.75) is 0 Å². The zero-order chi connectivity index (χ0) is 16.2. The van der Waals surface area contributed by atoms with Gasteiger partial charge in [-0.15, -0.1) is 0 Å². The van der Waals surface area contributed by atoms with Crippen LogP contribution in [0.1, 0.15) is 0 Å². The van der Waals surface area contributed by atoms with Crippen molar-refractivity contribution in [2.24, 2.45) is 0 Å². The second-order valence-corrected chi connectivity index (χ2v) is 3.46. The fourth-order valence-corrected chi connectivity index (χ4v) is 1.50. The predicted octanol–water partition coefficient (Wildman–Crippen LogP) is 1.24. The number of ether oxygens (including phenoxy) is 3. The highest BCUT2D eigenvalue weighted by Gasteiger charge is 2.34. The number of benzene rings is 1. The zero-order valence-corrected chi connectivity index (χ0v) is 11.2. The van der Waals surface area contributed by atoms with Crippen LogP contribution in [0.5, 0.6) is 17.2 Å². The summed E-state index contributed by atoms with van der Waals surface area (Å²) in [5, 5.41) is 24.0. The van der Waals surface area contributed by atoms with Crippen LogP contribution in [-0.2, 0) is 0 Å². The van der Waals surface area contributed by atoms with E-state index in [2.05, 4.69) is 5.32 Å². The Hall–Kier alpha value is -3.11. The number of nitrogens with one attached hydrogen (secondary N) is 1. The number of nitrogens with zero attached hydrogens (tertiary/aromatic N) is 2. The lowest BCUT2D eigenvalue weighted by Crippen LogP contribution is -2.22. The Morgan fingerprint density at radius 2 is 1.48 bits per heavy atom. The van der Waals surface area contributed by atoms with Crippen LogP contribution in [0.4, 0.5) is 16.2 Å². The van der Waals surface area contributed by atoms with Crippen molar-refractivity contribution in [3.63, 3.8) is 0 Å². The second kappa shape index (κ2) is 6.36. The molecule has 0 aliphatic heterocycles. The maximum atomic E-state index is 11.3. The summed E-state index contributed by atoms with van der Waals surface area (Å²) in [5.74, 6) is -1.49. The van der Waals surface area contributed by atoms with E-state index in [1.165, 1.54) is 7.05 Å². The van der Waals surface area contributed by atoms with Gasteiger partial charge in [0.25, 0.3) is 0 Å². The number of hydrogen-bond acceptors (Lipinski definition) is 8. The molecule has 1 aromatic rings. The Balaban J connectivity index is 3.71. The van der Waals surface area contributed by atoms with Crippen molar-refractivity contribution in [1.82, 2.24) is 5.32 Å². The number of carbonyl (C=O) groups is 1. The van der Waals surface area contributed by atoms with Gasteiger partial charge in [-0.2, -0.15) is 0 Å². The molecule has 1 rings (SSSR count). The topological polar surface area (TPSA) is 143 Å². The molecule has 1 amide bonds. The van der Waals surface area contributed by atoms with E-state index in [0.29, 0.717) is 6.07 Å². The van der Waals surface area contributed by atoms with E-state index in [-0.39, 0.29) is 0 Å². The highest BCUT2D eigenvalue weighted by atomic mass is 16.6. The van der Waals surface area contributed by atoms with E-state index in [9.17, 15) is 25.0 Å². The van der Waals surface area contributed by atoms with Gasteiger partial charge in [-0.25, -0.2) is 4.79 Å². The fourth-order valence-electron chi connectivity index (χ4n) is 1.50.